The number of anilines is 2. The predicted octanol–water partition coefficient (Wildman–Crippen LogP) is 3.47. The maximum atomic E-state index is 13.1. The number of carbonyl (C=O) groups excluding carboxylic acids is 2. The summed E-state index contributed by atoms with van der Waals surface area (Å²) in [5.41, 5.74) is 5.99. The van der Waals surface area contributed by atoms with Gasteiger partial charge in [-0.05, 0) is 54.4 Å². The quantitative estimate of drug-likeness (QED) is 0.619. The molecule has 0 aromatic heterocycles. The van der Waals surface area contributed by atoms with Crippen LogP contribution in [-0.4, -0.2) is 32.6 Å². The molecule has 0 saturated carbocycles. The fourth-order valence-electron chi connectivity index (χ4n) is 2.51. The number of amides is 3. The van der Waals surface area contributed by atoms with Crippen molar-refractivity contribution in [1.82, 2.24) is 5.32 Å². The highest BCUT2D eigenvalue weighted by Gasteiger charge is 2.31. The number of thiol groups is 1. The first-order chi connectivity index (χ1) is 13.5. The molecule has 0 aliphatic heterocycles. The van der Waals surface area contributed by atoms with Crippen molar-refractivity contribution in [2.24, 2.45) is 5.73 Å². The van der Waals surface area contributed by atoms with Crippen LogP contribution >= 0.6 is 12.8 Å². The number of urea groups is 1. The normalized spacial score (nSPS) is 11.1. The molecule has 0 atom stereocenters. The maximum absolute atomic E-state index is 13.1. The van der Waals surface area contributed by atoms with Gasteiger partial charge in [0.2, 0.25) is 5.91 Å². The standard InChI is InChI=1S/C19H21F3N4O2S/c1-25(2)16-10-12(9-14(11-16)19(20,21)22)7-8-24-18(28)26(29)15-5-3-13(4-6-15)17(23)27/h3-6,9-11,29H,7-8H2,1-2H3,(H2,23,27)(H,24,28). The van der Waals surface area contributed by atoms with Gasteiger partial charge in [0.1, 0.15) is 0 Å². The summed E-state index contributed by atoms with van der Waals surface area (Å²) >= 11 is 4.11. The van der Waals surface area contributed by atoms with Crippen LogP contribution in [0.2, 0.25) is 0 Å². The van der Waals surface area contributed by atoms with E-state index >= 15 is 0 Å². The Balaban J connectivity index is 2.02. The number of nitrogens with two attached hydrogens (primary N) is 1. The molecular weight excluding hydrogens is 405 g/mol. The topological polar surface area (TPSA) is 78.7 Å². The van der Waals surface area contributed by atoms with Crippen LogP contribution in [0.4, 0.5) is 29.3 Å². The minimum absolute atomic E-state index is 0.115. The molecule has 2 rings (SSSR count). The monoisotopic (exact) mass is 426 g/mol. The van der Waals surface area contributed by atoms with E-state index in [4.69, 9.17) is 5.73 Å². The molecule has 6 nitrogen and oxygen atoms in total. The second-order valence-corrected chi connectivity index (χ2v) is 6.89. The maximum Gasteiger partial charge on any atom is 0.416 e. The molecule has 3 amide bonds. The third-order valence-corrected chi connectivity index (χ3v) is 4.51. The zero-order valence-electron chi connectivity index (χ0n) is 15.8. The highest BCUT2D eigenvalue weighted by Crippen LogP contribution is 2.32. The first kappa shape index (κ1) is 22.4. The van der Waals surface area contributed by atoms with E-state index in [2.05, 4.69) is 18.1 Å². The van der Waals surface area contributed by atoms with Crippen molar-refractivity contribution >= 4 is 36.1 Å². The van der Waals surface area contributed by atoms with Crippen LogP contribution in [0, 0.1) is 0 Å². The lowest BCUT2D eigenvalue weighted by molar-refractivity contribution is -0.137. The van der Waals surface area contributed by atoms with Gasteiger partial charge in [0.15, 0.2) is 0 Å². The Morgan fingerprint density at radius 3 is 2.21 bits per heavy atom. The van der Waals surface area contributed by atoms with Gasteiger partial charge in [-0.3, -0.25) is 4.79 Å². The number of benzene rings is 2. The fraction of sp³-hybridized carbons (Fsp3) is 0.263. The van der Waals surface area contributed by atoms with Gasteiger partial charge < -0.3 is 16.0 Å². The number of nitrogens with zero attached hydrogens (tertiary/aromatic N) is 2. The summed E-state index contributed by atoms with van der Waals surface area (Å²) in [6.45, 7) is 0.115. The first-order valence-corrected chi connectivity index (χ1v) is 8.94. The molecule has 2 aromatic carbocycles. The third kappa shape index (κ3) is 6.05. The number of rotatable bonds is 6. The van der Waals surface area contributed by atoms with Gasteiger partial charge in [-0.2, -0.15) is 13.2 Å². The Morgan fingerprint density at radius 2 is 1.69 bits per heavy atom. The Hall–Kier alpha value is -2.88. The molecule has 0 unspecified atom stereocenters. The molecule has 3 N–H and O–H groups in total. The molecule has 0 spiro atoms. The summed E-state index contributed by atoms with van der Waals surface area (Å²) in [6, 6.07) is 9.15. The Kier molecular flexibility index (Phi) is 7.02. The average molecular weight is 426 g/mol. The lowest BCUT2D eigenvalue weighted by Crippen LogP contribution is -2.35. The molecule has 29 heavy (non-hydrogen) atoms. The van der Waals surface area contributed by atoms with Crippen molar-refractivity contribution in [2.45, 2.75) is 12.6 Å². The lowest BCUT2D eigenvalue weighted by Gasteiger charge is -2.19. The largest absolute Gasteiger partial charge is 0.416 e. The molecule has 2 aromatic rings. The smallest absolute Gasteiger partial charge is 0.378 e. The van der Waals surface area contributed by atoms with Crippen molar-refractivity contribution < 1.29 is 22.8 Å². The van der Waals surface area contributed by atoms with E-state index < -0.39 is 23.7 Å². The number of nitrogens with one attached hydrogen (secondary N) is 1. The van der Waals surface area contributed by atoms with Gasteiger partial charge in [-0.15, -0.1) is 0 Å². The number of primary amides is 1. The fourth-order valence-corrected chi connectivity index (χ4v) is 2.72. The number of hydrogen-bond acceptors (Lipinski definition) is 4. The van der Waals surface area contributed by atoms with E-state index in [-0.39, 0.29) is 18.5 Å². The molecule has 0 fully saturated rings. The van der Waals surface area contributed by atoms with Crippen LogP contribution < -0.4 is 20.3 Å². The molecule has 0 bridgehead atoms. The van der Waals surface area contributed by atoms with Gasteiger partial charge in [-0.1, -0.05) is 12.8 Å². The Bertz CT molecular complexity index is 886. The van der Waals surface area contributed by atoms with Gasteiger partial charge in [0.25, 0.3) is 0 Å². The Morgan fingerprint density at radius 1 is 1.07 bits per heavy atom. The highest BCUT2D eigenvalue weighted by atomic mass is 32.1. The number of halogens is 3. The Labute approximate surface area is 172 Å². The number of hydrogen-bond donors (Lipinski definition) is 3. The molecule has 0 radical (unpaired) electrons. The molecule has 0 aliphatic rings. The number of carbonyl (C=O) groups is 2. The van der Waals surface area contributed by atoms with Gasteiger partial charge in [0, 0.05) is 31.9 Å². The summed E-state index contributed by atoms with van der Waals surface area (Å²) in [6.07, 6.45) is -4.25. The van der Waals surface area contributed by atoms with E-state index in [1.807, 2.05) is 0 Å². The van der Waals surface area contributed by atoms with E-state index in [1.165, 1.54) is 24.3 Å². The zero-order chi connectivity index (χ0) is 21.8. The van der Waals surface area contributed by atoms with Crippen LogP contribution in [0.1, 0.15) is 21.5 Å². The summed E-state index contributed by atoms with van der Waals surface area (Å²) in [5.74, 6) is -0.593. The summed E-state index contributed by atoms with van der Waals surface area (Å²) < 4.78 is 40.3. The summed E-state index contributed by atoms with van der Waals surface area (Å²) in [5, 5.41) is 2.60. The first-order valence-electron chi connectivity index (χ1n) is 8.54. The van der Waals surface area contributed by atoms with Crippen LogP contribution in [0.5, 0.6) is 0 Å². The average Bonchev–Trinajstić information content (AvgIpc) is 2.66. The van der Waals surface area contributed by atoms with Crippen LogP contribution in [0.15, 0.2) is 42.5 Å². The van der Waals surface area contributed by atoms with Crippen molar-refractivity contribution in [3.05, 3.63) is 59.2 Å². The van der Waals surface area contributed by atoms with Crippen molar-refractivity contribution in [1.29, 1.82) is 0 Å². The summed E-state index contributed by atoms with van der Waals surface area (Å²) in [4.78, 5) is 24.9. The van der Waals surface area contributed by atoms with E-state index in [9.17, 15) is 22.8 Å². The van der Waals surface area contributed by atoms with Crippen molar-refractivity contribution in [3.63, 3.8) is 0 Å². The minimum atomic E-state index is -4.46. The van der Waals surface area contributed by atoms with E-state index in [0.29, 0.717) is 16.9 Å². The highest BCUT2D eigenvalue weighted by molar-refractivity contribution is 7.82. The zero-order valence-corrected chi connectivity index (χ0v) is 16.7. The summed E-state index contributed by atoms with van der Waals surface area (Å²) in [7, 11) is 3.31. The molecule has 0 heterocycles. The molecular formula is C19H21F3N4O2S. The van der Waals surface area contributed by atoms with Gasteiger partial charge in [-0.25, -0.2) is 9.10 Å². The predicted molar refractivity (Wildman–Crippen MR) is 109 cm³/mol. The third-order valence-electron chi connectivity index (χ3n) is 4.10. The van der Waals surface area contributed by atoms with Crippen molar-refractivity contribution in [2.75, 3.05) is 29.8 Å². The van der Waals surface area contributed by atoms with Gasteiger partial charge >= 0.3 is 12.2 Å². The second kappa shape index (κ2) is 9.08. The second-order valence-electron chi connectivity index (χ2n) is 6.49. The molecule has 0 aliphatic carbocycles. The number of alkyl halides is 3. The van der Waals surface area contributed by atoms with Gasteiger partial charge in [0.05, 0.1) is 11.3 Å². The lowest BCUT2D eigenvalue weighted by atomic mass is 10.1. The van der Waals surface area contributed by atoms with Crippen molar-refractivity contribution in [3.8, 4) is 0 Å². The van der Waals surface area contributed by atoms with E-state index in [1.54, 1.807) is 25.1 Å². The molecule has 0 saturated heterocycles. The molecule has 10 heteroatoms. The van der Waals surface area contributed by atoms with E-state index in [0.717, 1.165) is 16.4 Å². The minimum Gasteiger partial charge on any atom is -0.378 e. The van der Waals surface area contributed by atoms with Crippen LogP contribution in [0.25, 0.3) is 0 Å². The van der Waals surface area contributed by atoms with Crippen LogP contribution in [-0.2, 0) is 12.6 Å². The SMILES string of the molecule is CN(C)c1cc(CCNC(=O)N(S)c2ccc(C(N)=O)cc2)cc(C(F)(F)F)c1. The molecule has 156 valence electrons. The van der Waals surface area contributed by atoms with Crippen LogP contribution in [0.3, 0.4) is 0 Å².